The minimum absolute atomic E-state index is 0.189. The predicted molar refractivity (Wildman–Crippen MR) is 126 cm³/mol. The second kappa shape index (κ2) is 9.55. The number of carbonyl (C=O) groups is 2. The lowest BCUT2D eigenvalue weighted by Gasteiger charge is -2.10. The van der Waals surface area contributed by atoms with Gasteiger partial charge in [-0.2, -0.15) is 0 Å². The van der Waals surface area contributed by atoms with Gasteiger partial charge in [-0.1, -0.05) is 66.1 Å². The van der Waals surface area contributed by atoms with Crippen LogP contribution in [0.5, 0.6) is 0 Å². The Hall–Kier alpha value is -4.49. The Bertz CT molecular complexity index is 1330. The molecule has 0 radical (unpaired) electrons. The van der Waals surface area contributed by atoms with Crippen molar-refractivity contribution >= 4 is 17.4 Å². The Labute approximate surface area is 187 Å². The van der Waals surface area contributed by atoms with E-state index in [2.05, 4.69) is 22.1 Å². The number of nitrogens with zero attached hydrogens (tertiary/aromatic N) is 1. The third-order valence-electron chi connectivity index (χ3n) is 4.85. The summed E-state index contributed by atoms with van der Waals surface area (Å²) in [4.78, 5) is 30.2. The van der Waals surface area contributed by atoms with Crippen molar-refractivity contribution in [3.05, 3.63) is 131 Å². The predicted octanol–water partition coefficient (Wildman–Crippen LogP) is 5.27. The average molecular weight is 416 g/mol. The summed E-state index contributed by atoms with van der Waals surface area (Å²) in [6, 6.07) is 26.9. The molecule has 0 bridgehead atoms. The van der Waals surface area contributed by atoms with Crippen LogP contribution >= 0.6 is 0 Å². The molecule has 3 aromatic carbocycles. The van der Waals surface area contributed by atoms with E-state index < -0.39 is 0 Å². The summed E-state index contributed by atoms with van der Waals surface area (Å²) in [6.07, 6.45) is 1.69. The first-order valence-corrected chi connectivity index (χ1v) is 10.1. The van der Waals surface area contributed by atoms with Crippen molar-refractivity contribution in [3.63, 3.8) is 0 Å². The van der Waals surface area contributed by atoms with Crippen LogP contribution in [-0.2, 0) is 0 Å². The molecule has 0 unspecified atom stereocenters. The molecule has 32 heavy (non-hydrogen) atoms. The van der Waals surface area contributed by atoms with Crippen LogP contribution in [0.4, 0.5) is 5.69 Å². The van der Waals surface area contributed by atoms with E-state index in [0.717, 1.165) is 11.1 Å². The number of amides is 1. The minimum Gasteiger partial charge on any atom is -0.322 e. The van der Waals surface area contributed by atoms with Crippen LogP contribution in [0.3, 0.4) is 0 Å². The maximum atomic E-state index is 13.0. The molecular weight excluding hydrogens is 396 g/mol. The fraction of sp³-hybridized carbons (Fsp3) is 0.0357. The van der Waals surface area contributed by atoms with Gasteiger partial charge in [0.2, 0.25) is 0 Å². The Morgan fingerprint density at radius 1 is 0.781 bits per heavy atom. The van der Waals surface area contributed by atoms with Crippen LogP contribution in [-0.4, -0.2) is 16.7 Å². The molecule has 0 aliphatic heterocycles. The molecule has 0 spiro atoms. The number of ketones is 1. The Morgan fingerprint density at radius 3 is 2.28 bits per heavy atom. The van der Waals surface area contributed by atoms with Gasteiger partial charge < -0.3 is 5.32 Å². The molecule has 4 nitrogen and oxygen atoms in total. The third-order valence-corrected chi connectivity index (χ3v) is 4.85. The van der Waals surface area contributed by atoms with Crippen LogP contribution < -0.4 is 5.32 Å². The van der Waals surface area contributed by atoms with Crippen molar-refractivity contribution in [2.24, 2.45) is 0 Å². The average Bonchev–Trinajstić information content (AvgIpc) is 2.84. The first kappa shape index (κ1) is 20.8. The lowest BCUT2D eigenvalue weighted by Crippen LogP contribution is -2.17. The van der Waals surface area contributed by atoms with Gasteiger partial charge >= 0.3 is 0 Å². The summed E-state index contributed by atoms with van der Waals surface area (Å²) in [5, 5.41) is 2.88. The zero-order valence-corrected chi connectivity index (χ0v) is 17.5. The van der Waals surface area contributed by atoms with Crippen molar-refractivity contribution in [2.75, 3.05) is 5.32 Å². The highest BCUT2D eigenvalue weighted by atomic mass is 16.2. The SMILES string of the molecule is Cc1ccc(C(=O)c2ccccc2C(=O)Nc2cccc(C#Cc3ccccn3)c2)cc1. The fourth-order valence-corrected chi connectivity index (χ4v) is 3.19. The number of carbonyl (C=O) groups excluding carboxylic acids is 2. The van der Waals surface area contributed by atoms with Crippen molar-refractivity contribution < 1.29 is 9.59 Å². The molecule has 1 heterocycles. The molecule has 0 aliphatic rings. The van der Waals surface area contributed by atoms with Crippen molar-refractivity contribution in [3.8, 4) is 11.8 Å². The first-order valence-electron chi connectivity index (χ1n) is 10.1. The third kappa shape index (κ3) is 4.97. The van der Waals surface area contributed by atoms with Crippen LogP contribution in [0.1, 0.15) is 43.1 Å². The minimum atomic E-state index is -0.351. The highest BCUT2D eigenvalue weighted by molar-refractivity contribution is 6.17. The molecule has 0 aliphatic carbocycles. The standard InChI is InChI=1S/C28H20N2O2/c1-20-12-15-22(16-13-20)27(31)25-10-2-3-11-26(25)28(32)30-24-9-6-7-21(19-24)14-17-23-8-4-5-18-29-23/h2-13,15-16,18-19H,1H3,(H,30,32). The zero-order chi connectivity index (χ0) is 22.3. The van der Waals surface area contributed by atoms with Crippen LogP contribution in [0.2, 0.25) is 0 Å². The molecule has 154 valence electrons. The van der Waals surface area contributed by atoms with Gasteiger partial charge in [0.1, 0.15) is 5.69 Å². The summed E-state index contributed by atoms with van der Waals surface area (Å²) < 4.78 is 0. The number of nitrogens with one attached hydrogen (secondary N) is 1. The summed E-state index contributed by atoms with van der Waals surface area (Å²) in [7, 11) is 0. The fourth-order valence-electron chi connectivity index (χ4n) is 3.19. The maximum absolute atomic E-state index is 13.0. The molecule has 1 amide bonds. The van der Waals surface area contributed by atoms with Gasteiger partial charge in [-0.25, -0.2) is 4.98 Å². The second-order valence-corrected chi connectivity index (χ2v) is 7.24. The molecule has 4 rings (SSSR count). The maximum Gasteiger partial charge on any atom is 0.256 e. The lowest BCUT2D eigenvalue weighted by molar-refractivity contribution is 0.0996. The van der Waals surface area contributed by atoms with Crippen molar-refractivity contribution in [2.45, 2.75) is 6.92 Å². The Balaban J connectivity index is 1.56. The topological polar surface area (TPSA) is 59.1 Å². The number of rotatable bonds is 4. The molecule has 0 saturated carbocycles. The van der Waals surface area contributed by atoms with Gasteiger partial charge in [0.15, 0.2) is 5.78 Å². The van der Waals surface area contributed by atoms with E-state index in [-0.39, 0.29) is 11.7 Å². The molecule has 4 aromatic rings. The number of anilines is 1. The van der Waals surface area contributed by atoms with Gasteiger partial charge in [-0.15, -0.1) is 0 Å². The van der Waals surface area contributed by atoms with E-state index in [4.69, 9.17) is 0 Å². The zero-order valence-electron chi connectivity index (χ0n) is 17.5. The van der Waals surface area contributed by atoms with Gasteiger partial charge in [0.25, 0.3) is 5.91 Å². The highest BCUT2D eigenvalue weighted by Gasteiger charge is 2.18. The van der Waals surface area contributed by atoms with E-state index in [1.807, 2.05) is 49.4 Å². The largest absolute Gasteiger partial charge is 0.322 e. The van der Waals surface area contributed by atoms with Gasteiger partial charge in [0, 0.05) is 28.6 Å². The molecular formula is C28H20N2O2. The monoisotopic (exact) mass is 416 g/mol. The molecule has 1 N–H and O–H groups in total. The molecule has 0 saturated heterocycles. The lowest BCUT2D eigenvalue weighted by atomic mass is 9.97. The highest BCUT2D eigenvalue weighted by Crippen LogP contribution is 2.18. The van der Waals surface area contributed by atoms with Crippen molar-refractivity contribution in [1.82, 2.24) is 4.98 Å². The number of benzene rings is 3. The second-order valence-electron chi connectivity index (χ2n) is 7.24. The Kier molecular flexibility index (Phi) is 6.20. The van der Waals surface area contributed by atoms with Crippen molar-refractivity contribution in [1.29, 1.82) is 0 Å². The first-order chi connectivity index (χ1) is 15.6. The van der Waals surface area contributed by atoms with E-state index in [9.17, 15) is 9.59 Å². The summed E-state index contributed by atoms with van der Waals surface area (Å²) >= 11 is 0. The molecule has 4 heteroatoms. The molecule has 0 atom stereocenters. The number of hydrogen-bond donors (Lipinski definition) is 1. The molecule has 1 aromatic heterocycles. The summed E-state index contributed by atoms with van der Waals surface area (Å²) in [5.74, 6) is 5.51. The van der Waals surface area contributed by atoms with E-state index in [1.165, 1.54) is 0 Å². The van der Waals surface area contributed by atoms with Gasteiger partial charge in [-0.05, 0) is 49.2 Å². The van der Waals surface area contributed by atoms with Gasteiger partial charge in [0.05, 0.1) is 5.56 Å². The van der Waals surface area contributed by atoms with E-state index in [1.54, 1.807) is 54.7 Å². The van der Waals surface area contributed by atoms with Crippen LogP contribution in [0.25, 0.3) is 0 Å². The number of hydrogen-bond acceptors (Lipinski definition) is 3. The quantitative estimate of drug-likeness (QED) is 0.364. The number of pyridine rings is 1. The van der Waals surface area contributed by atoms with E-state index >= 15 is 0 Å². The normalized spacial score (nSPS) is 10.0. The number of aromatic nitrogens is 1. The van der Waals surface area contributed by atoms with Crippen LogP contribution in [0, 0.1) is 18.8 Å². The molecule has 0 fully saturated rings. The summed E-state index contributed by atoms with van der Waals surface area (Å²) in [5.41, 5.74) is 4.31. The number of aryl methyl sites for hydroxylation is 1. The Morgan fingerprint density at radius 2 is 1.53 bits per heavy atom. The smallest absolute Gasteiger partial charge is 0.256 e. The van der Waals surface area contributed by atoms with E-state index in [0.29, 0.717) is 28.1 Å². The summed E-state index contributed by atoms with van der Waals surface area (Å²) in [6.45, 7) is 1.96. The van der Waals surface area contributed by atoms with Gasteiger partial charge in [-0.3, -0.25) is 9.59 Å². The van der Waals surface area contributed by atoms with Crippen LogP contribution in [0.15, 0.2) is 97.2 Å².